The number of furan rings is 1. The van der Waals surface area contributed by atoms with Crippen LogP contribution in [0.15, 0.2) is 47.1 Å². The molecule has 1 aromatic heterocycles. The van der Waals surface area contributed by atoms with Gasteiger partial charge in [-0.2, -0.15) is 0 Å². The molecule has 0 aliphatic carbocycles. The molecule has 2 unspecified atom stereocenters. The molecule has 0 saturated heterocycles. The number of benzene rings is 1. The summed E-state index contributed by atoms with van der Waals surface area (Å²) < 4.78 is 11.0. The van der Waals surface area contributed by atoms with Gasteiger partial charge >= 0.3 is 0 Å². The van der Waals surface area contributed by atoms with E-state index in [9.17, 15) is 5.11 Å². The van der Waals surface area contributed by atoms with E-state index < -0.39 is 11.5 Å². The standard InChI is InChI=1S/C15H17NO3/c16-10-15(14(17)13-6-3-8-18-13)7-9-19-12-5-2-1-4-11(12)15/h1-6,8,14,17H,7,9-10,16H2. The van der Waals surface area contributed by atoms with Crippen LogP contribution in [-0.2, 0) is 5.41 Å². The lowest BCUT2D eigenvalue weighted by molar-refractivity contribution is 0.0375. The maximum atomic E-state index is 10.7. The van der Waals surface area contributed by atoms with E-state index in [0.29, 0.717) is 25.3 Å². The van der Waals surface area contributed by atoms with Crippen molar-refractivity contribution in [3.63, 3.8) is 0 Å². The Morgan fingerprint density at radius 3 is 2.84 bits per heavy atom. The van der Waals surface area contributed by atoms with Crippen LogP contribution in [0.2, 0.25) is 0 Å². The maximum absolute atomic E-state index is 10.7. The Morgan fingerprint density at radius 1 is 1.26 bits per heavy atom. The molecule has 4 nitrogen and oxygen atoms in total. The van der Waals surface area contributed by atoms with Gasteiger partial charge in [0.25, 0.3) is 0 Å². The Balaban J connectivity index is 2.10. The molecule has 2 heterocycles. The minimum absolute atomic E-state index is 0.342. The third-order valence-electron chi connectivity index (χ3n) is 3.93. The Hall–Kier alpha value is -1.78. The molecule has 0 saturated carbocycles. The molecule has 0 radical (unpaired) electrons. The van der Waals surface area contributed by atoms with Gasteiger partial charge < -0.3 is 20.0 Å². The van der Waals surface area contributed by atoms with E-state index in [1.54, 1.807) is 18.4 Å². The molecule has 19 heavy (non-hydrogen) atoms. The first-order chi connectivity index (χ1) is 9.28. The lowest BCUT2D eigenvalue weighted by atomic mass is 9.71. The first-order valence-corrected chi connectivity index (χ1v) is 6.42. The molecular formula is C15H17NO3. The van der Waals surface area contributed by atoms with Gasteiger partial charge in [-0.15, -0.1) is 0 Å². The summed E-state index contributed by atoms with van der Waals surface area (Å²) in [5, 5.41) is 10.7. The van der Waals surface area contributed by atoms with Gasteiger partial charge in [-0.25, -0.2) is 0 Å². The minimum Gasteiger partial charge on any atom is -0.493 e. The number of hydrogen-bond acceptors (Lipinski definition) is 4. The zero-order chi connectivity index (χ0) is 13.3. The van der Waals surface area contributed by atoms with Crippen molar-refractivity contribution in [2.75, 3.05) is 13.2 Å². The van der Waals surface area contributed by atoms with Gasteiger partial charge in [-0.1, -0.05) is 18.2 Å². The van der Waals surface area contributed by atoms with Gasteiger partial charge in [0.1, 0.15) is 17.6 Å². The zero-order valence-corrected chi connectivity index (χ0v) is 10.6. The second kappa shape index (κ2) is 4.72. The Morgan fingerprint density at radius 2 is 2.11 bits per heavy atom. The third kappa shape index (κ3) is 1.84. The van der Waals surface area contributed by atoms with Crippen LogP contribution in [-0.4, -0.2) is 18.3 Å². The number of nitrogens with two attached hydrogens (primary N) is 1. The Kier molecular flexibility index (Phi) is 3.05. The summed E-state index contributed by atoms with van der Waals surface area (Å²) in [6.07, 6.45) is 1.47. The fraction of sp³-hybridized carbons (Fsp3) is 0.333. The molecular weight excluding hydrogens is 242 g/mol. The van der Waals surface area contributed by atoms with E-state index in [0.717, 1.165) is 11.3 Å². The van der Waals surface area contributed by atoms with Crippen LogP contribution in [0.5, 0.6) is 5.75 Å². The van der Waals surface area contributed by atoms with Gasteiger partial charge in [0.2, 0.25) is 0 Å². The van der Waals surface area contributed by atoms with Crippen LogP contribution < -0.4 is 10.5 Å². The van der Waals surface area contributed by atoms with Crippen molar-refractivity contribution in [1.29, 1.82) is 0 Å². The number of aliphatic hydroxyl groups excluding tert-OH is 1. The summed E-state index contributed by atoms with van der Waals surface area (Å²) in [5.41, 5.74) is 6.41. The fourth-order valence-electron chi connectivity index (χ4n) is 2.81. The van der Waals surface area contributed by atoms with Crippen molar-refractivity contribution in [3.8, 4) is 5.75 Å². The lowest BCUT2D eigenvalue weighted by Crippen LogP contribution is -2.44. The lowest BCUT2D eigenvalue weighted by Gasteiger charge is -2.40. The minimum atomic E-state index is -0.766. The second-order valence-electron chi connectivity index (χ2n) is 4.87. The molecule has 0 fully saturated rings. The molecule has 100 valence electrons. The highest BCUT2D eigenvalue weighted by Gasteiger charge is 2.44. The molecule has 1 aliphatic heterocycles. The topological polar surface area (TPSA) is 68.6 Å². The first-order valence-electron chi connectivity index (χ1n) is 6.42. The third-order valence-corrected chi connectivity index (χ3v) is 3.93. The molecule has 1 aliphatic rings. The van der Waals surface area contributed by atoms with E-state index >= 15 is 0 Å². The predicted molar refractivity (Wildman–Crippen MR) is 71.0 cm³/mol. The number of ether oxygens (including phenoxy) is 1. The second-order valence-corrected chi connectivity index (χ2v) is 4.87. The van der Waals surface area contributed by atoms with E-state index in [4.69, 9.17) is 14.9 Å². The Bertz CT molecular complexity index is 552. The van der Waals surface area contributed by atoms with Crippen molar-refractivity contribution >= 4 is 0 Å². The molecule has 2 atom stereocenters. The highest BCUT2D eigenvalue weighted by Crippen LogP contribution is 2.46. The highest BCUT2D eigenvalue weighted by molar-refractivity contribution is 5.43. The molecule has 0 bridgehead atoms. The SMILES string of the molecule is NCC1(C(O)c2ccco2)CCOc2ccccc21. The summed E-state index contributed by atoms with van der Waals surface area (Å²) in [6, 6.07) is 11.3. The average molecular weight is 259 g/mol. The Labute approximate surface area is 111 Å². The van der Waals surface area contributed by atoms with Crippen LogP contribution in [0, 0.1) is 0 Å². The maximum Gasteiger partial charge on any atom is 0.133 e. The quantitative estimate of drug-likeness (QED) is 0.884. The summed E-state index contributed by atoms with van der Waals surface area (Å²) in [6.45, 7) is 0.890. The van der Waals surface area contributed by atoms with E-state index in [2.05, 4.69) is 0 Å². The first kappa shape index (κ1) is 12.3. The molecule has 0 amide bonds. The summed E-state index contributed by atoms with van der Waals surface area (Å²) in [4.78, 5) is 0. The van der Waals surface area contributed by atoms with Gasteiger partial charge in [-0.3, -0.25) is 0 Å². The molecule has 3 N–H and O–H groups in total. The van der Waals surface area contributed by atoms with Crippen molar-refractivity contribution in [2.45, 2.75) is 17.9 Å². The van der Waals surface area contributed by atoms with Crippen molar-refractivity contribution in [2.24, 2.45) is 5.73 Å². The molecule has 0 spiro atoms. The number of rotatable bonds is 3. The fourth-order valence-corrected chi connectivity index (χ4v) is 2.81. The summed E-state index contributed by atoms with van der Waals surface area (Å²) >= 11 is 0. The monoisotopic (exact) mass is 259 g/mol. The van der Waals surface area contributed by atoms with Crippen LogP contribution in [0.25, 0.3) is 0 Å². The highest BCUT2D eigenvalue weighted by atomic mass is 16.5. The van der Waals surface area contributed by atoms with Gasteiger partial charge in [-0.05, 0) is 24.6 Å². The zero-order valence-electron chi connectivity index (χ0n) is 10.6. The molecule has 2 aromatic rings. The van der Waals surface area contributed by atoms with Gasteiger partial charge in [0.05, 0.1) is 12.9 Å². The average Bonchev–Trinajstić information content (AvgIpc) is 3.00. The summed E-state index contributed by atoms with van der Waals surface area (Å²) in [7, 11) is 0. The summed E-state index contributed by atoms with van der Waals surface area (Å²) in [5.74, 6) is 1.34. The smallest absolute Gasteiger partial charge is 0.133 e. The van der Waals surface area contributed by atoms with Crippen molar-refractivity contribution < 1.29 is 14.3 Å². The molecule has 3 rings (SSSR count). The number of hydrogen-bond donors (Lipinski definition) is 2. The van der Waals surface area contributed by atoms with Crippen LogP contribution >= 0.6 is 0 Å². The number of para-hydroxylation sites is 1. The number of aliphatic hydroxyl groups is 1. The normalized spacial score (nSPS) is 23.5. The van der Waals surface area contributed by atoms with E-state index in [1.165, 1.54) is 0 Å². The predicted octanol–water partition coefficient (Wildman–Crippen LogP) is 1.99. The van der Waals surface area contributed by atoms with Gasteiger partial charge in [0.15, 0.2) is 0 Å². The molecule has 1 aromatic carbocycles. The molecule has 4 heteroatoms. The van der Waals surface area contributed by atoms with Crippen molar-refractivity contribution in [1.82, 2.24) is 0 Å². The van der Waals surface area contributed by atoms with Crippen LogP contribution in [0.4, 0.5) is 0 Å². The van der Waals surface area contributed by atoms with Crippen LogP contribution in [0.1, 0.15) is 23.8 Å². The van der Waals surface area contributed by atoms with E-state index in [-0.39, 0.29) is 0 Å². The van der Waals surface area contributed by atoms with Gasteiger partial charge in [0, 0.05) is 17.5 Å². The van der Waals surface area contributed by atoms with Crippen molar-refractivity contribution in [3.05, 3.63) is 54.0 Å². The largest absolute Gasteiger partial charge is 0.493 e. The van der Waals surface area contributed by atoms with E-state index in [1.807, 2.05) is 24.3 Å². The van der Waals surface area contributed by atoms with Crippen LogP contribution in [0.3, 0.4) is 0 Å². The number of fused-ring (bicyclic) bond motifs is 1.